The first-order valence-electron chi connectivity index (χ1n) is 4.08. The summed E-state index contributed by atoms with van der Waals surface area (Å²) < 4.78 is 37.8. The van der Waals surface area contributed by atoms with E-state index in [1.54, 1.807) is 0 Å². The summed E-state index contributed by atoms with van der Waals surface area (Å²) in [6.07, 6.45) is -2.86. The summed E-state index contributed by atoms with van der Waals surface area (Å²) in [5, 5.41) is 10.4. The largest absolute Gasteiger partial charge is 0.434 e. The highest BCUT2D eigenvalue weighted by atomic mass is 19.4. The highest BCUT2D eigenvalue weighted by Crippen LogP contribution is 2.28. The lowest BCUT2D eigenvalue weighted by atomic mass is 10.4. The molecule has 0 N–H and O–H groups in total. The number of nitro groups is 1. The second-order valence-electron chi connectivity index (χ2n) is 3.03. The van der Waals surface area contributed by atoms with Crippen LogP contribution in [0.3, 0.4) is 0 Å². The average molecular weight is 231 g/mol. The van der Waals surface area contributed by atoms with Crippen LogP contribution in [0.2, 0.25) is 0 Å². The molecule has 2 aromatic rings. The Morgan fingerprint density at radius 2 is 2.00 bits per heavy atom. The normalized spacial score (nSPS) is 11.9. The summed E-state index contributed by atoms with van der Waals surface area (Å²) in [5.74, 6) is 0. The summed E-state index contributed by atoms with van der Waals surface area (Å²) in [6.45, 7) is 0. The van der Waals surface area contributed by atoms with Crippen LogP contribution >= 0.6 is 0 Å². The summed E-state index contributed by atoms with van der Waals surface area (Å²) in [7, 11) is 0. The molecular weight excluding hydrogens is 227 g/mol. The maximum absolute atomic E-state index is 12.3. The number of rotatable bonds is 1. The molecular formula is C8H4F3N3O2. The number of imidazole rings is 1. The Hall–Kier alpha value is -2.12. The molecule has 0 aromatic carbocycles. The summed E-state index contributed by atoms with van der Waals surface area (Å²) in [6, 6.07) is 2.26. The molecule has 0 bridgehead atoms. The van der Waals surface area contributed by atoms with Gasteiger partial charge >= 0.3 is 6.18 Å². The Morgan fingerprint density at radius 1 is 1.31 bits per heavy atom. The second kappa shape index (κ2) is 3.19. The molecule has 2 rings (SSSR count). The van der Waals surface area contributed by atoms with E-state index < -0.39 is 16.8 Å². The molecule has 5 nitrogen and oxygen atoms in total. The van der Waals surface area contributed by atoms with Crippen LogP contribution in [0.15, 0.2) is 24.5 Å². The van der Waals surface area contributed by atoms with E-state index in [1.165, 1.54) is 0 Å². The van der Waals surface area contributed by atoms with Gasteiger partial charge in [0.15, 0.2) is 5.69 Å². The highest BCUT2D eigenvalue weighted by Gasteiger charge is 2.34. The monoisotopic (exact) mass is 231 g/mol. The van der Waals surface area contributed by atoms with Crippen molar-refractivity contribution in [3.8, 4) is 0 Å². The molecule has 0 unspecified atom stereocenters. The Morgan fingerprint density at radius 3 is 2.56 bits per heavy atom. The van der Waals surface area contributed by atoms with Gasteiger partial charge in [0.1, 0.15) is 5.65 Å². The number of fused-ring (bicyclic) bond motifs is 1. The fraction of sp³-hybridized carbons (Fsp3) is 0.125. The van der Waals surface area contributed by atoms with Crippen molar-refractivity contribution < 1.29 is 18.1 Å². The van der Waals surface area contributed by atoms with Crippen LogP contribution in [0.1, 0.15) is 5.69 Å². The standard InChI is InChI=1S/C8H4F3N3O2/c9-8(10,11)6-4-13-3-5(14(15)16)1-2-7(13)12-6/h1-4H. The smallest absolute Gasteiger partial charge is 0.300 e. The van der Waals surface area contributed by atoms with Gasteiger partial charge in [0, 0.05) is 12.3 Å². The molecule has 16 heavy (non-hydrogen) atoms. The predicted octanol–water partition coefficient (Wildman–Crippen LogP) is 2.26. The van der Waals surface area contributed by atoms with E-state index in [4.69, 9.17) is 0 Å². The van der Waals surface area contributed by atoms with Gasteiger partial charge in [0.25, 0.3) is 5.69 Å². The first-order chi connectivity index (χ1) is 7.38. The minimum absolute atomic E-state index is 0.0120. The number of nitrogens with zero attached hydrogens (tertiary/aromatic N) is 3. The molecule has 0 amide bonds. The van der Waals surface area contributed by atoms with Gasteiger partial charge in [-0.1, -0.05) is 0 Å². The number of aromatic nitrogens is 2. The van der Waals surface area contributed by atoms with Crippen molar-refractivity contribution in [2.24, 2.45) is 0 Å². The van der Waals surface area contributed by atoms with Crippen molar-refractivity contribution >= 4 is 11.3 Å². The number of alkyl halides is 3. The van der Waals surface area contributed by atoms with Crippen LogP contribution in [-0.4, -0.2) is 14.3 Å². The van der Waals surface area contributed by atoms with E-state index in [0.29, 0.717) is 6.20 Å². The van der Waals surface area contributed by atoms with Crippen molar-refractivity contribution in [1.29, 1.82) is 0 Å². The molecule has 0 spiro atoms. The third-order valence-corrected chi connectivity index (χ3v) is 1.94. The maximum Gasteiger partial charge on any atom is 0.434 e. The van der Waals surface area contributed by atoms with Gasteiger partial charge in [0.2, 0.25) is 0 Å². The van der Waals surface area contributed by atoms with Gasteiger partial charge in [0.05, 0.1) is 11.1 Å². The van der Waals surface area contributed by atoms with Crippen LogP contribution in [0.5, 0.6) is 0 Å². The third-order valence-electron chi connectivity index (χ3n) is 1.94. The van der Waals surface area contributed by atoms with Crippen molar-refractivity contribution in [2.45, 2.75) is 6.18 Å². The van der Waals surface area contributed by atoms with Crippen LogP contribution in [0, 0.1) is 10.1 Å². The Bertz CT molecular complexity index is 561. The molecule has 84 valence electrons. The van der Waals surface area contributed by atoms with E-state index in [0.717, 1.165) is 22.7 Å². The van der Waals surface area contributed by atoms with Gasteiger partial charge in [-0.25, -0.2) is 4.98 Å². The van der Waals surface area contributed by atoms with Gasteiger partial charge < -0.3 is 0 Å². The molecule has 0 fully saturated rings. The van der Waals surface area contributed by atoms with Crippen LogP contribution < -0.4 is 0 Å². The summed E-state index contributed by atoms with van der Waals surface area (Å²) >= 11 is 0. The Kier molecular flexibility index (Phi) is 2.07. The fourth-order valence-corrected chi connectivity index (χ4v) is 1.22. The zero-order valence-electron chi connectivity index (χ0n) is 7.60. The first kappa shape index (κ1) is 10.4. The number of hydrogen-bond acceptors (Lipinski definition) is 3. The molecule has 0 aliphatic carbocycles. The molecule has 0 aliphatic rings. The lowest BCUT2D eigenvalue weighted by Crippen LogP contribution is -2.04. The molecule has 2 heterocycles. The first-order valence-corrected chi connectivity index (χ1v) is 4.08. The summed E-state index contributed by atoms with van der Waals surface area (Å²) in [5.41, 5.74) is -1.36. The molecule has 0 saturated carbocycles. The van der Waals surface area contributed by atoms with E-state index >= 15 is 0 Å². The SMILES string of the molecule is O=[N+]([O-])c1ccc2nc(C(F)(F)F)cn2c1. The second-order valence-corrected chi connectivity index (χ2v) is 3.03. The quantitative estimate of drug-likeness (QED) is 0.558. The molecule has 0 saturated heterocycles. The minimum Gasteiger partial charge on any atom is -0.300 e. The predicted molar refractivity (Wildman–Crippen MR) is 46.8 cm³/mol. The molecule has 0 radical (unpaired) electrons. The molecule has 0 aliphatic heterocycles. The van der Waals surface area contributed by atoms with Crippen molar-refractivity contribution in [1.82, 2.24) is 9.38 Å². The van der Waals surface area contributed by atoms with E-state index in [9.17, 15) is 23.3 Å². The minimum atomic E-state index is -4.55. The van der Waals surface area contributed by atoms with Crippen molar-refractivity contribution in [3.63, 3.8) is 0 Å². The Labute approximate surface area is 86.3 Å². The van der Waals surface area contributed by atoms with Gasteiger partial charge in [-0.15, -0.1) is 0 Å². The lowest BCUT2D eigenvalue weighted by Gasteiger charge is -1.98. The molecule has 2 aromatic heterocycles. The van der Waals surface area contributed by atoms with Gasteiger partial charge in [-0.3, -0.25) is 14.5 Å². The fourth-order valence-electron chi connectivity index (χ4n) is 1.22. The van der Waals surface area contributed by atoms with Crippen LogP contribution in [0.25, 0.3) is 5.65 Å². The third kappa shape index (κ3) is 1.69. The molecule has 0 atom stereocenters. The maximum atomic E-state index is 12.3. The average Bonchev–Trinajstić information content (AvgIpc) is 2.58. The van der Waals surface area contributed by atoms with Gasteiger partial charge in [-0.05, 0) is 6.07 Å². The van der Waals surface area contributed by atoms with E-state index in [2.05, 4.69) is 4.98 Å². The topological polar surface area (TPSA) is 60.4 Å². The zero-order chi connectivity index (χ0) is 11.9. The van der Waals surface area contributed by atoms with Crippen LogP contribution in [-0.2, 0) is 6.18 Å². The van der Waals surface area contributed by atoms with Gasteiger partial charge in [-0.2, -0.15) is 13.2 Å². The zero-order valence-corrected chi connectivity index (χ0v) is 7.60. The van der Waals surface area contributed by atoms with Crippen molar-refractivity contribution in [3.05, 3.63) is 40.3 Å². The van der Waals surface area contributed by atoms with E-state index in [-0.39, 0.29) is 11.3 Å². The highest BCUT2D eigenvalue weighted by molar-refractivity contribution is 5.45. The summed E-state index contributed by atoms with van der Waals surface area (Å²) in [4.78, 5) is 13.0. The lowest BCUT2D eigenvalue weighted by molar-refractivity contribution is -0.385. The van der Waals surface area contributed by atoms with Crippen molar-refractivity contribution in [2.75, 3.05) is 0 Å². The number of hydrogen-bond donors (Lipinski definition) is 0. The number of halogens is 3. The number of pyridine rings is 1. The van der Waals surface area contributed by atoms with E-state index in [1.807, 2.05) is 0 Å². The molecule has 8 heteroatoms. The Balaban J connectivity index is 2.59. The van der Waals surface area contributed by atoms with Crippen LogP contribution in [0.4, 0.5) is 18.9 Å².